The number of methoxy groups -OCH3 is 1. The number of hydrogen-bond donors (Lipinski definition) is 1. The topological polar surface area (TPSA) is 85.4 Å². The summed E-state index contributed by atoms with van der Waals surface area (Å²) in [6.07, 6.45) is 1.23. The molecule has 1 aliphatic rings. The maximum Gasteiger partial charge on any atom is 0.252 e. The Morgan fingerprint density at radius 3 is 2.53 bits per heavy atom. The minimum Gasteiger partial charge on any atom is -0.378 e. The molecular weight excluding hydrogens is 424 g/mol. The number of carbonyl (C=O) groups excluding carboxylic acids is 1. The van der Waals surface area contributed by atoms with E-state index in [0.29, 0.717) is 5.56 Å². The van der Waals surface area contributed by atoms with Gasteiger partial charge in [0, 0.05) is 29.8 Å². The van der Waals surface area contributed by atoms with Crippen molar-refractivity contribution in [3.8, 4) is 11.1 Å². The van der Waals surface area contributed by atoms with Crippen LogP contribution < -0.4 is 5.32 Å². The Kier molecular flexibility index (Phi) is 5.15. The Labute approximate surface area is 186 Å². The van der Waals surface area contributed by atoms with Crippen LogP contribution in [0, 0.1) is 0 Å². The van der Waals surface area contributed by atoms with Crippen LogP contribution >= 0.6 is 0 Å². The van der Waals surface area contributed by atoms with Crippen LogP contribution in [0.15, 0.2) is 72.9 Å². The summed E-state index contributed by atoms with van der Waals surface area (Å²) in [5.41, 5.74) is 3.38. The van der Waals surface area contributed by atoms with Crippen molar-refractivity contribution in [3.63, 3.8) is 0 Å². The first-order valence-corrected chi connectivity index (χ1v) is 12.2. The maximum absolute atomic E-state index is 13.2. The van der Waals surface area contributed by atoms with Crippen LogP contribution in [0.4, 0.5) is 0 Å². The molecule has 4 aromatic rings. The number of nitrogens with zero attached hydrogens (tertiary/aromatic N) is 1. The van der Waals surface area contributed by atoms with Gasteiger partial charge in [-0.3, -0.25) is 9.78 Å². The number of ether oxygens (including phenoxy) is 1. The van der Waals surface area contributed by atoms with E-state index in [-0.39, 0.29) is 17.4 Å². The molecular formula is C25H22N2O4S. The Balaban J connectivity index is 1.58. The third-order valence-electron chi connectivity index (χ3n) is 6.01. The number of fused-ring (bicyclic) bond motifs is 2. The van der Waals surface area contributed by atoms with Gasteiger partial charge >= 0.3 is 0 Å². The minimum atomic E-state index is -3.24. The van der Waals surface area contributed by atoms with E-state index in [9.17, 15) is 13.2 Å². The molecule has 1 N–H and O–H groups in total. The van der Waals surface area contributed by atoms with E-state index in [1.54, 1.807) is 12.3 Å². The second-order valence-corrected chi connectivity index (χ2v) is 10.2. The quantitative estimate of drug-likeness (QED) is 0.518. The van der Waals surface area contributed by atoms with Gasteiger partial charge in [0.2, 0.25) is 0 Å². The number of aromatic nitrogens is 1. The smallest absolute Gasteiger partial charge is 0.252 e. The molecule has 1 aromatic heterocycles. The van der Waals surface area contributed by atoms with Gasteiger partial charge in [0.25, 0.3) is 5.91 Å². The van der Waals surface area contributed by atoms with Crippen LogP contribution in [0.1, 0.15) is 10.4 Å². The van der Waals surface area contributed by atoms with Gasteiger partial charge in [-0.2, -0.15) is 0 Å². The molecule has 0 spiro atoms. The van der Waals surface area contributed by atoms with Crippen molar-refractivity contribution in [2.24, 2.45) is 0 Å². The summed E-state index contributed by atoms with van der Waals surface area (Å²) < 4.78 is 29.3. The van der Waals surface area contributed by atoms with Gasteiger partial charge < -0.3 is 10.1 Å². The molecule has 2 atom stereocenters. The number of rotatable bonds is 4. The summed E-state index contributed by atoms with van der Waals surface area (Å²) in [5.74, 6) is -0.509. The van der Waals surface area contributed by atoms with Crippen molar-refractivity contribution in [2.75, 3.05) is 18.6 Å². The molecule has 32 heavy (non-hydrogen) atoms. The first-order chi connectivity index (χ1) is 15.5. The predicted molar refractivity (Wildman–Crippen MR) is 125 cm³/mol. The van der Waals surface area contributed by atoms with Gasteiger partial charge in [0.1, 0.15) is 0 Å². The Morgan fingerprint density at radius 1 is 0.938 bits per heavy atom. The lowest BCUT2D eigenvalue weighted by Crippen LogP contribution is -2.43. The monoisotopic (exact) mass is 446 g/mol. The Bertz CT molecular complexity index is 1440. The molecule has 1 amide bonds. The molecule has 5 rings (SSSR count). The van der Waals surface area contributed by atoms with Crippen LogP contribution in [0.3, 0.4) is 0 Å². The van der Waals surface area contributed by atoms with E-state index in [1.807, 2.05) is 60.7 Å². The number of pyridine rings is 1. The normalized spacial score (nSPS) is 19.9. The van der Waals surface area contributed by atoms with E-state index >= 15 is 0 Å². The maximum atomic E-state index is 13.2. The second kappa shape index (κ2) is 8.00. The van der Waals surface area contributed by atoms with E-state index in [4.69, 9.17) is 4.74 Å². The highest BCUT2D eigenvalue weighted by Crippen LogP contribution is 2.34. The van der Waals surface area contributed by atoms with Gasteiger partial charge in [0.15, 0.2) is 9.84 Å². The zero-order valence-electron chi connectivity index (χ0n) is 17.5. The van der Waals surface area contributed by atoms with Crippen LogP contribution in [0.25, 0.3) is 32.8 Å². The molecule has 1 aliphatic heterocycles. The second-order valence-electron chi connectivity index (χ2n) is 8.02. The first-order valence-electron chi connectivity index (χ1n) is 10.4. The van der Waals surface area contributed by atoms with E-state index < -0.39 is 22.0 Å². The lowest BCUT2D eigenvalue weighted by Gasteiger charge is -2.19. The first kappa shape index (κ1) is 20.6. The van der Waals surface area contributed by atoms with Crippen LogP contribution in [-0.2, 0) is 14.6 Å². The number of carbonyl (C=O) groups is 1. The highest BCUT2D eigenvalue weighted by molar-refractivity contribution is 7.91. The van der Waals surface area contributed by atoms with Crippen LogP contribution in [-0.4, -0.2) is 50.1 Å². The Hall–Kier alpha value is -3.29. The molecule has 162 valence electrons. The molecule has 2 heterocycles. The summed E-state index contributed by atoms with van der Waals surface area (Å²) in [5, 5.41) is 5.65. The fourth-order valence-electron chi connectivity index (χ4n) is 4.48. The van der Waals surface area contributed by atoms with Crippen molar-refractivity contribution < 1.29 is 17.9 Å². The fourth-order valence-corrected chi connectivity index (χ4v) is 6.33. The van der Waals surface area contributed by atoms with Crippen molar-refractivity contribution in [1.82, 2.24) is 10.3 Å². The molecule has 1 saturated heterocycles. The molecule has 0 bridgehead atoms. The largest absolute Gasteiger partial charge is 0.378 e. The molecule has 6 nitrogen and oxygen atoms in total. The molecule has 3 aromatic carbocycles. The zero-order valence-corrected chi connectivity index (χ0v) is 18.3. The summed E-state index contributed by atoms with van der Waals surface area (Å²) >= 11 is 0. The van der Waals surface area contributed by atoms with Gasteiger partial charge in [-0.15, -0.1) is 0 Å². The van der Waals surface area contributed by atoms with E-state index in [1.165, 1.54) is 7.11 Å². The van der Waals surface area contributed by atoms with Crippen molar-refractivity contribution in [2.45, 2.75) is 12.1 Å². The Morgan fingerprint density at radius 2 is 1.72 bits per heavy atom. The average Bonchev–Trinajstić information content (AvgIpc) is 3.11. The van der Waals surface area contributed by atoms with E-state index in [2.05, 4.69) is 10.3 Å². The number of nitrogens with one attached hydrogen (secondary N) is 1. The third-order valence-corrected chi connectivity index (χ3v) is 7.71. The summed E-state index contributed by atoms with van der Waals surface area (Å²) in [6.45, 7) is 0. The minimum absolute atomic E-state index is 0.0811. The highest BCUT2D eigenvalue weighted by Gasteiger charge is 2.39. The predicted octanol–water partition coefficient (Wildman–Crippen LogP) is 3.60. The number of amides is 1. The average molecular weight is 447 g/mol. The van der Waals surface area contributed by atoms with Crippen molar-refractivity contribution in [1.29, 1.82) is 0 Å². The van der Waals surface area contributed by atoms with Crippen LogP contribution in [0.5, 0.6) is 0 Å². The van der Waals surface area contributed by atoms with Gasteiger partial charge in [-0.25, -0.2) is 8.42 Å². The molecule has 1 fully saturated rings. The molecule has 0 saturated carbocycles. The number of sulfone groups is 1. The molecule has 0 aliphatic carbocycles. The summed E-state index contributed by atoms with van der Waals surface area (Å²) in [4.78, 5) is 17.7. The number of benzene rings is 3. The lowest BCUT2D eigenvalue weighted by atomic mass is 9.93. The van der Waals surface area contributed by atoms with Gasteiger partial charge in [0.05, 0.1) is 29.2 Å². The van der Waals surface area contributed by atoms with Crippen LogP contribution in [0.2, 0.25) is 0 Å². The summed E-state index contributed by atoms with van der Waals surface area (Å²) in [6, 6.07) is 20.9. The standard InChI is InChI=1S/C25H22N2O4S/c1-31-23-15-32(29,30)14-22(23)27-25(28)21-12-11-19(17-8-2-3-9-18(17)21)20-10-4-6-16-7-5-13-26-24(16)20/h2-13,22-23H,14-15H2,1H3,(H,27,28)/t22-,23-/m1/s1. The number of para-hydroxylation sites is 1. The van der Waals surface area contributed by atoms with Gasteiger partial charge in [-0.05, 0) is 28.5 Å². The molecule has 0 radical (unpaired) electrons. The summed E-state index contributed by atoms with van der Waals surface area (Å²) in [7, 11) is -1.77. The molecule has 0 unspecified atom stereocenters. The fraction of sp³-hybridized carbons (Fsp3) is 0.200. The highest BCUT2D eigenvalue weighted by atomic mass is 32.2. The van der Waals surface area contributed by atoms with Crippen molar-refractivity contribution in [3.05, 3.63) is 78.5 Å². The lowest BCUT2D eigenvalue weighted by molar-refractivity contribution is 0.0787. The SMILES string of the molecule is CO[C@@H]1CS(=O)(=O)C[C@H]1NC(=O)c1ccc(-c2cccc3cccnc23)c2ccccc12. The number of hydrogen-bond acceptors (Lipinski definition) is 5. The van der Waals surface area contributed by atoms with Crippen molar-refractivity contribution >= 4 is 37.4 Å². The zero-order chi connectivity index (χ0) is 22.3. The third kappa shape index (κ3) is 3.63. The van der Waals surface area contributed by atoms with E-state index in [0.717, 1.165) is 32.8 Å². The van der Waals surface area contributed by atoms with Gasteiger partial charge in [-0.1, -0.05) is 54.6 Å². The molecule has 7 heteroatoms.